The lowest BCUT2D eigenvalue weighted by Crippen LogP contribution is -2.45. The Morgan fingerprint density at radius 1 is 1.35 bits per heavy atom. The molecule has 23 heavy (non-hydrogen) atoms. The number of nitrogens with one attached hydrogen (secondary N) is 1. The van der Waals surface area contributed by atoms with Crippen LogP contribution in [0.25, 0.3) is 0 Å². The molecule has 0 aromatic rings. The van der Waals surface area contributed by atoms with Crippen molar-refractivity contribution < 1.29 is 9.59 Å². The maximum atomic E-state index is 12.4. The van der Waals surface area contributed by atoms with Crippen LogP contribution in [0.5, 0.6) is 0 Å². The summed E-state index contributed by atoms with van der Waals surface area (Å²) in [6.45, 7) is 4.26. The van der Waals surface area contributed by atoms with Crippen molar-refractivity contribution >= 4 is 11.9 Å². The van der Waals surface area contributed by atoms with Crippen molar-refractivity contribution in [1.29, 1.82) is 0 Å². The van der Waals surface area contributed by atoms with Crippen LogP contribution < -0.4 is 5.32 Å². The molecule has 1 atom stereocenters. The topological polar surface area (TPSA) is 52.7 Å². The predicted octanol–water partition coefficient (Wildman–Crippen LogP) is 3.12. The van der Waals surface area contributed by atoms with E-state index in [-0.39, 0.29) is 11.9 Å². The van der Waals surface area contributed by atoms with Crippen molar-refractivity contribution in [3.05, 3.63) is 11.8 Å². The maximum absolute atomic E-state index is 12.4. The number of amides is 3. The quantitative estimate of drug-likeness (QED) is 0.764. The van der Waals surface area contributed by atoms with Crippen LogP contribution in [-0.4, -0.2) is 48.4 Å². The van der Waals surface area contributed by atoms with E-state index in [9.17, 15) is 9.59 Å². The van der Waals surface area contributed by atoms with Crippen LogP contribution in [0.4, 0.5) is 4.79 Å². The molecule has 0 aromatic carbocycles. The van der Waals surface area contributed by atoms with E-state index in [0.29, 0.717) is 25.3 Å². The van der Waals surface area contributed by atoms with Crippen molar-refractivity contribution in [1.82, 2.24) is 15.1 Å². The van der Waals surface area contributed by atoms with Gasteiger partial charge in [-0.2, -0.15) is 0 Å². The van der Waals surface area contributed by atoms with Crippen molar-refractivity contribution in [2.45, 2.75) is 58.3 Å². The van der Waals surface area contributed by atoms with Gasteiger partial charge in [0.1, 0.15) is 0 Å². The lowest BCUT2D eigenvalue weighted by Gasteiger charge is -2.37. The summed E-state index contributed by atoms with van der Waals surface area (Å²) >= 11 is 0. The fourth-order valence-electron chi connectivity index (χ4n) is 3.58. The first-order chi connectivity index (χ1) is 11.1. The molecular weight excluding hydrogens is 290 g/mol. The number of hydrogen-bond donors (Lipinski definition) is 1. The normalized spacial score (nSPS) is 20.5. The highest BCUT2D eigenvalue weighted by atomic mass is 16.2. The molecule has 0 aromatic heterocycles. The third kappa shape index (κ3) is 4.98. The lowest BCUT2D eigenvalue weighted by molar-refractivity contribution is -0.130. The van der Waals surface area contributed by atoms with Crippen LogP contribution in [0.1, 0.15) is 58.3 Å². The van der Waals surface area contributed by atoms with Gasteiger partial charge in [0.25, 0.3) is 0 Å². The summed E-state index contributed by atoms with van der Waals surface area (Å²) in [6.07, 6.45) is 10.3. The Morgan fingerprint density at radius 3 is 2.91 bits per heavy atom. The first kappa shape index (κ1) is 17.8. The molecule has 130 valence electrons. The maximum Gasteiger partial charge on any atom is 0.321 e. The van der Waals surface area contributed by atoms with E-state index in [2.05, 4.69) is 18.3 Å². The van der Waals surface area contributed by atoms with Gasteiger partial charge in [0.05, 0.1) is 0 Å². The Balaban J connectivity index is 1.72. The molecule has 0 saturated carbocycles. The number of hydrogen-bond acceptors (Lipinski definition) is 2. The number of piperidine rings is 1. The molecule has 1 unspecified atom stereocenters. The molecule has 2 aliphatic rings. The van der Waals surface area contributed by atoms with E-state index < -0.39 is 0 Å². The number of allylic oxidation sites excluding steroid dienone is 2. The van der Waals surface area contributed by atoms with E-state index in [1.165, 1.54) is 25.0 Å². The minimum absolute atomic E-state index is 0.0113. The van der Waals surface area contributed by atoms with E-state index in [0.717, 1.165) is 32.4 Å². The molecular formula is C18H31N3O2. The number of fused-ring (bicyclic) bond motifs is 1. The third-order valence-corrected chi connectivity index (χ3v) is 4.85. The fraction of sp³-hybridized carbons (Fsp3) is 0.778. The number of carbonyl (C=O) groups is 2. The molecule has 1 heterocycles. The SMILES string of the molecule is CCCN(C)C(=O)CCCNC(=O)N1CCCC2CCCC=C21. The Kier molecular flexibility index (Phi) is 6.93. The molecule has 5 nitrogen and oxygen atoms in total. The number of nitrogens with zero attached hydrogens (tertiary/aromatic N) is 2. The molecule has 0 radical (unpaired) electrons. The number of urea groups is 1. The molecule has 1 fully saturated rings. The molecule has 1 aliphatic carbocycles. The van der Waals surface area contributed by atoms with Crippen LogP contribution in [-0.2, 0) is 4.79 Å². The Morgan fingerprint density at radius 2 is 2.13 bits per heavy atom. The van der Waals surface area contributed by atoms with Gasteiger partial charge >= 0.3 is 6.03 Å². The molecule has 3 amide bonds. The van der Waals surface area contributed by atoms with Crippen molar-refractivity contribution in [2.24, 2.45) is 5.92 Å². The van der Waals surface area contributed by atoms with Crippen LogP contribution in [0.3, 0.4) is 0 Å². The molecule has 0 spiro atoms. The van der Waals surface area contributed by atoms with Gasteiger partial charge in [-0.15, -0.1) is 0 Å². The van der Waals surface area contributed by atoms with Crippen LogP contribution in [0, 0.1) is 5.92 Å². The average molecular weight is 321 g/mol. The first-order valence-electron chi connectivity index (χ1n) is 9.13. The Bertz CT molecular complexity index is 448. The molecule has 1 saturated heterocycles. The highest BCUT2D eigenvalue weighted by molar-refractivity contribution is 5.77. The predicted molar refractivity (Wildman–Crippen MR) is 91.9 cm³/mol. The summed E-state index contributed by atoms with van der Waals surface area (Å²) in [4.78, 5) is 28.0. The zero-order valence-corrected chi connectivity index (χ0v) is 14.6. The van der Waals surface area contributed by atoms with Crippen LogP contribution in [0.2, 0.25) is 0 Å². The van der Waals surface area contributed by atoms with Crippen molar-refractivity contribution in [2.75, 3.05) is 26.7 Å². The summed E-state index contributed by atoms with van der Waals surface area (Å²) in [5, 5.41) is 2.99. The van der Waals surface area contributed by atoms with E-state index in [1.807, 2.05) is 11.9 Å². The molecule has 1 aliphatic heterocycles. The fourth-order valence-corrected chi connectivity index (χ4v) is 3.58. The second kappa shape index (κ2) is 8.94. The second-order valence-corrected chi connectivity index (χ2v) is 6.70. The van der Waals surface area contributed by atoms with Gasteiger partial charge in [-0.05, 0) is 50.9 Å². The first-order valence-corrected chi connectivity index (χ1v) is 9.13. The minimum atomic E-state index is 0.0113. The van der Waals surface area contributed by atoms with Gasteiger partial charge in [0.15, 0.2) is 0 Å². The van der Waals surface area contributed by atoms with Crippen molar-refractivity contribution in [3.63, 3.8) is 0 Å². The van der Waals surface area contributed by atoms with Gasteiger partial charge in [-0.25, -0.2) is 4.79 Å². The van der Waals surface area contributed by atoms with Gasteiger partial charge in [-0.3, -0.25) is 9.69 Å². The zero-order chi connectivity index (χ0) is 16.7. The number of carbonyl (C=O) groups excluding carboxylic acids is 2. The summed E-state index contributed by atoms with van der Waals surface area (Å²) in [5.41, 5.74) is 1.23. The van der Waals surface area contributed by atoms with Crippen LogP contribution in [0.15, 0.2) is 11.8 Å². The molecule has 2 rings (SSSR count). The Hall–Kier alpha value is -1.52. The van der Waals surface area contributed by atoms with Gasteiger partial charge in [0.2, 0.25) is 5.91 Å². The molecule has 5 heteroatoms. The molecule has 1 N–H and O–H groups in total. The number of likely N-dealkylation sites (tertiary alicyclic amines) is 1. The Labute approximate surface area is 140 Å². The second-order valence-electron chi connectivity index (χ2n) is 6.70. The largest absolute Gasteiger partial charge is 0.346 e. The third-order valence-electron chi connectivity index (χ3n) is 4.85. The van der Waals surface area contributed by atoms with E-state index in [1.54, 1.807) is 4.90 Å². The van der Waals surface area contributed by atoms with Crippen molar-refractivity contribution in [3.8, 4) is 0 Å². The lowest BCUT2D eigenvalue weighted by atomic mass is 9.85. The number of rotatable bonds is 6. The standard InChI is InChI=1S/C18H31N3O2/c1-3-13-20(2)17(22)11-6-12-19-18(23)21-14-7-9-15-8-4-5-10-16(15)21/h10,15H,3-9,11-14H2,1-2H3,(H,19,23). The summed E-state index contributed by atoms with van der Waals surface area (Å²) in [6, 6.07) is 0.0113. The van der Waals surface area contributed by atoms with Crippen LogP contribution >= 0.6 is 0 Å². The average Bonchev–Trinajstić information content (AvgIpc) is 2.58. The van der Waals surface area contributed by atoms with E-state index >= 15 is 0 Å². The van der Waals surface area contributed by atoms with E-state index in [4.69, 9.17) is 0 Å². The monoisotopic (exact) mass is 321 g/mol. The minimum Gasteiger partial charge on any atom is -0.346 e. The highest BCUT2D eigenvalue weighted by Gasteiger charge is 2.30. The zero-order valence-electron chi connectivity index (χ0n) is 14.6. The van der Waals surface area contributed by atoms with Gasteiger partial charge in [-0.1, -0.05) is 13.0 Å². The molecule has 0 bridgehead atoms. The summed E-state index contributed by atoms with van der Waals surface area (Å²) < 4.78 is 0. The van der Waals surface area contributed by atoms with Gasteiger partial charge < -0.3 is 10.2 Å². The summed E-state index contributed by atoms with van der Waals surface area (Å²) in [5.74, 6) is 0.738. The highest BCUT2D eigenvalue weighted by Crippen LogP contribution is 2.34. The summed E-state index contributed by atoms with van der Waals surface area (Å²) in [7, 11) is 1.84. The van der Waals surface area contributed by atoms with Gasteiger partial charge in [0, 0.05) is 38.8 Å². The smallest absolute Gasteiger partial charge is 0.321 e.